The van der Waals surface area contributed by atoms with Crippen molar-refractivity contribution in [3.8, 4) is 0 Å². The first-order chi connectivity index (χ1) is 12.8. The van der Waals surface area contributed by atoms with Gasteiger partial charge in [0.15, 0.2) is 0 Å². The number of sulfonamides is 1. The van der Waals surface area contributed by atoms with E-state index in [4.69, 9.17) is 11.6 Å². The minimum Gasteiger partial charge on any atom is -0.326 e. The molecular formula is C19H20BrClN2O3S. The van der Waals surface area contributed by atoms with E-state index in [0.717, 1.165) is 10.2 Å². The van der Waals surface area contributed by atoms with E-state index in [-0.39, 0.29) is 17.6 Å². The Morgan fingerprint density at radius 1 is 1.07 bits per heavy atom. The fraction of sp³-hybridized carbons (Fsp3) is 0.316. The van der Waals surface area contributed by atoms with Crippen molar-refractivity contribution >= 4 is 49.1 Å². The highest BCUT2D eigenvalue weighted by molar-refractivity contribution is 9.10. The number of carbonyl (C=O) groups is 1. The van der Waals surface area contributed by atoms with Crippen LogP contribution in [0.1, 0.15) is 18.4 Å². The first-order valence-corrected chi connectivity index (χ1v) is 11.4. The van der Waals surface area contributed by atoms with Crippen LogP contribution in [0, 0.1) is 5.92 Å². The van der Waals surface area contributed by atoms with Crippen molar-refractivity contribution in [1.29, 1.82) is 0 Å². The van der Waals surface area contributed by atoms with Crippen molar-refractivity contribution in [2.24, 2.45) is 5.92 Å². The summed E-state index contributed by atoms with van der Waals surface area (Å²) in [5, 5.41) is 3.47. The number of nitrogens with zero attached hydrogens (tertiary/aromatic N) is 1. The van der Waals surface area contributed by atoms with Crippen LogP contribution in [0.25, 0.3) is 0 Å². The van der Waals surface area contributed by atoms with Crippen molar-refractivity contribution in [2.75, 3.05) is 18.4 Å². The molecule has 5 nitrogen and oxygen atoms in total. The number of carbonyl (C=O) groups excluding carboxylic acids is 1. The van der Waals surface area contributed by atoms with E-state index in [9.17, 15) is 13.2 Å². The fourth-order valence-corrected chi connectivity index (χ4v) is 5.01. The number of amides is 1. The lowest BCUT2D eigenvalue weighted by atomic mass is 9.97. The normalized spacial score (nSPS) is 16.2. The number of nitrogens with one attached hydrogen (secondary N) is 1. The lowest BCUT2D eigenvalue weighted by Crippen LogP contribution is -2.41. The fourth-order valence-electron chi connectivity index (χ4n) is 3.06. The van der Waals surface area contributed by atoms with Gasteiger partial charge in [-0.05, 0) is 54.8 Å². The van der Waals surface area contributed by atoms with Gasteiger partial charge in [-0.2, -0.15) is 0 Å². The van der Waals surface area contributed by atoms with Gasteiger partial charge in [0.25, 0.3) is 0 Å². The summed E-state index contributed by atoms with van der Waals surface area (Å²) in [5.74, 6) is -0.303. The van der Waals surface area contributed by atoms with Crippen LogP contribution in [-0.2, 0) is 20.6 Å². The maximum absolute atomic E-state index is 12.6. The maximum Gasteiger partial charge on any atom is 0.227 e. The number of hydrogen-bond donors (Lipinski definition) is 1. The molecule has 1 fully saturated rings. The van der Waals surface area contributed by atoms with Crippen LogP contribution in [0.2, 0.25) is 5.02 Å². The van der Waals surface area contributed by atoms with E-state index >= 15 is 0 Å². The highest BCUT2D eigenvalue weighted by Crippen LogP contribution is 2.24. The molecule has 2 aromatic rings. The van der Waals surface area contributed by atoms with Crippen molar-refractivity contribution in [1.82, 2.24) is 4.31 Å². The van der Waals surface area contributed by atoms with Gasteiger partial charge in [-0.1, -0.05) is 39.7 Å². The maximum atomic E-state index is 12.6. The summed E-state index contributed by atoms with van der Waals surface area (Å²) in [5.41, 5.74) is 1.44. The zero-order valence-electron chi connectivity index (χ0n) is 14.6. The quantitative estimate of drug-likeness (QED) is 0.708. The molecule has 0 atom stereocenters. The van der Waals surface area contributed by atoms with E-state index in [1.54, 1.807) is 24.3 Å². The van der Waals surface area contributed by atoms with Crippen molar-refractivity contribution < 1.29 is 13.2 Å². The molecule has 3 rings (SSSR count). The average molecular weight is 472 g/mol. The lowest BCUT2D eigenvalue weighted by Gasteiger charge is -2.30. The smallest absolute Gasteiger partial charge is 0.227 e. The third-order valence-electron chi connectivity index (χ3n) is 4.59. The zero-order chi connectivity index (χ0) is 19.4. The molecule has 0 bridgehead atoms. The van der Waals surface area contributed by atoms with E-state index in [1.807, 2.05) is 24.3 Å². The molecule has 27 heavy (non-hydrogen) atoms. The minimum absolute atomic E-state index is 0.0556. The van der Waals surface area contributed by atoms with Gasteiger partial charge < -0.3 is 5.32 Å². The van der Waals surface area contributed by atoms with Crippen LogP contribution < -0.4 is 5.32 Å². The molecule has 1 saturated heterocycles. The van der Waals surface area contributed by atoms with Crippen LogP contribution >= 0.6 is 27.5 Å². The van der Waals surface area contributed by atoms with Crippen LogP contribution in [-0.4, -0.2) is 31.7 Å². The van der Waals surface area contributed by atoms with Gasteiger partial charge in [-0.15, -0.1) is 0 Å². The Balaban J connectivity index is 1.55. The number of hydrogen-bond acceptors (Lipinski definition) is 3. The Morgan fingerprint density at radius 2 is 1.67 bits per heavy atom. The molecule has 1 aliphatic heterocycles. The molecule has 2 aromatic carbocycles. The van der Waals surface area contributed by atoms with E-state index < -0.39 is 10.0 Å². The van der Waals surface area contributed by atoms with Crippen molar-refractivity contribution in [2.45, 2.75) is 18.6 Å². The topological polar surface area (TPSA) is 66.5 Å². The number of halogens is 2. The number of anilines is 1. The largest absolute Gasteiger partial charge is 0.326 e. The van der Waals surface area contributed by atoms with Crippen molar-refractivity contribution in [3.05, 3.63) is 63.6 Å². The SMILES string of the molecule is O=C(Nc1ccc(Br)cc1)C1CCN(S(=O)(=O)Cc2ccc(Cl)cc2)CC1. The first kappa shape index (κ1) is 20.3. The van der Waals surface area contributed by atoms with E-state index in [1.165, 1.54) is 4.31 Å². The molecular weight excluding hydrogens is 452 g/mol. The Kier molecular flexibility index (Phi) is 6.57. The second kappa shape index (κ2) is 8.73. The summed E-state index contributed by atoms with van der Waals surface area (Å²) in [6, 6.07) is 14.2. The molecule has 8 heteroatoms. The molecule has 0 saturated carbocycles. The van der Waals surface area contributed by atoms with E-state index in [2.05, 4.69) is 21.2 Å². The molecule has 1 amide bonds. The summed E-state index contributed by atoms with van der Waals surface area (Å²) in [6.45, 7) is 0.711. The monoisotopic (exact) mass is 470 g/mol. The zero-order valence-corrected chi connectivity index (χ0v) is 17.7. The van der Waals surface area contributed by atoms with Crippen LogP contribution in [0.3, 0.4) is 0 Å². The Labute approximate surface area is 172 Å². The minimum atomic E-state index is -3.41. The number of rotatable bonds is 5. The first-order valence-electron chi connectivity index (χ1n) is 8.62. The van der Waals surface area contributed by atoms with Gasteiger partial charge in [0.1, 0.15) is 0 Å². The van der Waals surface area contributed by atoms with Gasteiger partial charge in [0.05, 0.1) is 5.75 Å². The van der Waals surface area contributed by atoms with Gasteiger partial charge in [-0.3, -0.25) is 4.79 Å². The summed E-state index contributed by atoms with van der Waals surface area (Å²) in [6.07, 6.45) is 1.03. The number of benzene rings is 2. The lowest BCUT2D eigenvalue weighted by molar-refractivity contribution is -0.120. The summed E-state index contributed by atoms with van der Waals surface area (Å²) >= 11 is 9.20. The molecule has 0 unspecified atom stereocenters. The Hall–Kier alpha value is -1.41. The third-order valence-corrected chi connectivity index (χ3v) is 7.22. The van der Waals surface area contributed by atoms with Gasteiger partial charge >= 0.3 is 0 Å². The summed E-state index contributed by atoms with van der Waals surface area (Å²) in [4.78, 5) is 12.4. The third kappa shape index (κ3) is 5.54. The van der Waals surface area contributed by atoms with E-state index in [0.29, 0.717) is 36.5 Å². The second-order valence-corrected chi connectivity index (χ2v) is 9.87. The molecule has 1 heterocycles. The molecule has 0 aliphatic carbocycles. The van der Waals surface area contributed by atoms with Crippen LogP contribution in [0.4, 0.5) is 5.69 Å². The van der Waals surface area contributed by atoms with Crippen LogP contribution in [0.15, 0.2) is 53.0 Å². The highest BCUT2D eigenvalue weighted by Gasteiger charge is 2.31. The Bertz CT molecular complexity index is 894. The molecule has 1 N–H and O–H groups in total. The predicted octanol–water partition coefficient (Wildman–Crippen LogP) is 4.28. The summed E-state index contributed by atoms with van der Waals surface area (Å²) < 4.78 is 27.7. The Morgan fingerprint density at radius 3 is 2.26 bits per heavy atom. The average Bonchev–Trinajstić information content (AvgIpc) is 2.65. The van der Waals surface area contributed by atoms with Crippen molar-refractivity contribution in [3.63, 3.8) is 0 Å². The molecule has 0 spiro atoms. The second-order valence-electron chi connectivity index (χ2n) is 6.55. The van der Waals surface area contributed by atoms with Gasteiger partial charge in [0, 0.05) is 34.2 Å². The molecule has 0 radical (unpaired) electrons. The highest BCUT2D eigenvalue weighted by atomic mass is 79.9. The van der Waals surface area contributed by atoms with Crippen LogP contribution in [0.5, 0.6) is 0 Å². The van der Waals surface area contributed by atoms with Gasteiger partial charge in [-0.25, -0.2) is 12.7 Å². The molecule has 0 aromatic heterocycles. The van der Waals surface area contributed by atoms with Gasteiger partial charge in [0.2, 0.25) is 15.9 Å². The molecule has 144 valence electrons. The standard InChI is InChI=1S/C19H20BrClN2O3S/c20-16-3-7-18(8-4-16)22-19(24)15-9-11-23(12-10-15)27(25,26)13-14-1-5-17(21)6-2-14/h1-8,15H,9-13H2,(H,22,24). The predicted molar refractivity (Wildman–Crippen MR) is 111 cm³/mol. The molecule has 1 aliphatic rings. The number of piperidine rings is 1. The summed E-state index contributed by atoms with van der Waals surface area (Å²) in [7, 11) is -3.41.